The molecule has 0 spiro atoms. The molecule has 1 aliphatic heterocycles. The van der Waals surface area contributed by atoms with Crippen molar-refractivity contribution in [1.29, 1.82) is 0 Å². The van der Waals surface area contributed by atoms with Crippen LogP contribution in [0.5, 0.6) is 0 Å². The standard InChI is InChI=1S/C15H20Cl2N2O2/c16-13-3-2-12(14(17)11-13)10-15(20)18-4-1-5-19-6-8-21-9-7-19/h2-3,11H,1,4-10H2,(H,18,20). The van der Waals surface area contributed by atoms with Gasteiger partial charge in [0.05, 0.1) is 19.6 Å². The SMILES string of the molecule is O=C(Cc1ccc(Cl)cc1Cl)NCCCN1CCOCC1. The molecule has 1 aromatic carbocycles. The molecule has 0 atom stereocenters. The van der Waals surface area contributed by atoms with Crippen molar-refractivity contribution in [1.82, 2.24) is 10.2 Å². The molecule has 0 unspecified atom stereocenters. The quantitative estimate of drug-likeness (QED) is 0.814. The van der Waals surface area contributed by atoms with E-state index in [1.54, 1.807) is 18.2 Å². The first-order valence-corrected chi connectivity index (χ1v) is 7.91. The number of carbonyl (C=O) groups is 1. The van der Waals surface area contributed by atoms with Crippen LogP contribution in [-0.2, 0) is 16.0 Å². The molecule has 2 rings (SSSR count). The summed E-state index contributed by atoms with van der Waals surface area (Å²) in [5.41, 5.74) is 0.798. The summed E-state index contributed by atoms with van der Waals surface area (Å²) >= 11 is 11.9. The van der Waals surface area contributed by atoms with E-state index in [0.29, 0.717) is 16.6 Å². The van der Waals surface area contributed by atoms with Crippen LogP contribution in [0.2, 0.25) is 10.0 Å². The Balaban J connectivity index is 1.65. The number of nitrogens with one attached hydrogen (secondary N) is 1. The zero-order valence-corrected chi connectivity index (χ0v) is 13.4. The van der Waals surface area contributed by atoms with E-state index in [0.717, 1.165) is 44.8 Å². The highest BCUT2D eigenvalue weighted by molar-refractivity contribution is 6.35. The number of halogens is 2. The largest absolute Gasteiger partial charge is 0.379 e. The summed E-state index contributed by atoms with van der Waals surface area (Å²) in [4.78, 5) is 14.2. The summed E-state index contributed by atoms with van der Waals surface area (Å²) in [5.74, 6) is -0.0128. The topological polar surface area (TPSA) is 41.6 Å². The van der Waals surface area contributed by atoms with Gasteiger partial charge < -0.3 is 10.1 Å². The number of nitrogens with zero attached hydrogens (tertiary/aromatic N) is 1. The number of ether oxygens (including phenoxy) is 1. The highest BCUT2D eigenvalue weighted by atomic mass is 35.5. The van der Waals surface area contributed by atoms with Crippen LogP contribution in [0.15, 0.2) is 18.2 Å². The number of hydrogen-bond acceptors (Lipinski definition) is 3. The van der Waals surface area contributed by atoms with Gasteiger partial charge in [0.25, 0.3) is 0 Å². The summed E-state index contributed by atoms with van der Waals surface area (Å²) in [6.45, 7) is 5.25. The molecule has 1 amide bonds. The van der Waals surface area contributed by atoms with Crippen molar-refractivity contribution in [3.05, 3.63) is 33.8 Å². The van der Waals surface area contributed by atoms with Crippen LogP contribution in [0.3, 0.4) is 0 Å². The predicted molar refractivity (Wildman–Crippen MR) is 85.1 cm³/mol. The molecule has 0 aromatic heterocycles. The first-order chi connectivity index (χ1) is 10.1. The van der Waals surface area contributed by atoms with Gasteiger partial charge in [0, 0.05) is 29.7 Å². The molecule has 116 valence electrons. The van der Waals surface area contributed by atoms with Crippen molar-refractivity contribution in [2.45, 2.75) is 12.8 Å². The Morgan fingerprint density at radius 2 is 2.05 bits per heavy atom. The lowest BCUT2D eigenvalue weighted by atomic mass is 10.1. The normalized spacial score (nSPS) is 15.9. The number of morpholine rings is 1. The maximum absolute atomic E-state index is 11.9. The third-order valence-electron chi connectivity index (χ3n) is 3.44. The van der Waals surface area contributed by atoms with Gasteiger partial charge >= 0.3 is 0 Å². The lowest BCUT2D eigenvalue weighted by molar-refractivity contribution is -0.120. The summed E-state index contributed by atoms with van der Waals surface area (Å²) < 4.78 is 5.30. The Hall–Kier alpha value is -0.810. The number of benzene rings is 1. The smallest absolute Gasteiger partial charge is 0.224 e. The molecule has 4 nitrogen and oxygen atoms in total. The Labute approximate surface area is 135 Å². The van der Waals surface area contributed by atoms with E-state index >= 15 is 0 Å². The lowest BCUT2D eigenvalue weighted by Gasteiger charge is -2.26. The van der Waals surface area contributed by atoms with Crippen LogP contribution < -0.4 is 5.32 Å². The van der Waals surface area contributed by atoms with Gasteiger partial charge in [0.15, 0.2) is 0 Å². The first-order valence-electron chi connectivity index (χ1n) is 7.16. The van der Waals surface area contributed by atoms with Gasteiger partial charge in [-0.05, 0) is 30.7 Å². The molecule has 6 heteroatoms. The van der Waals surface area contributed by atoms with Crippen LogP contribution in [0.4, 0.5) is 0 Å². The monoisotopic (exact) mass is 330 g/mol. The Morgan fingerprint density at radius 1 is 1.29 bits per heavy atom. The molecule has 21 heavy (non-hydrogen) atoms. The second-order valence-corrected chi connectivity index (χ2v) is 5.91. The molecule has 0 aliphatic carbocycles. The van der Waals surface area contributed by atoms with Crippen LogP contribution in [0.1, 0.15) is 12.0 Å². The molecule has 0 radical (unpaired) electrons. The molecule has 1 saturated heterocycles. The van der Waals surface area contributed by atoms with Gasteiger partial charge in [-0.15, -0.1) is 0 Å². The molecule has 1 aliphatic rings. The van der Waals surface area contributed by atoms with E-state index in [9.17, 15) is 4.79 Å². The fourth-order valence-electron chi connectivity index (χ4n) is 2.26. The Morgan fingerprint density at radius 3 is 2.76 bits per heavy atom. The van der Waals surface area contributed by atoms with Crippen molar-refractivity contribution in [2.75, 3.05) is 39.4 Å². The van der Waals surface area contributed by atoms with Crippen molar-refractivity contribution in [3.8, 4) is 0 Å². The molecular formula is C15H20Cl2N2O2. The van der Waals surface area contributed by atoms with Gasteiger partial charge in [-0.25, -0.2) is 0 Å². The minimum atomic E-state index is -0.0128. The van der Waals surface area contributed by atoms with E-state index in [1.807, 2.05) is 0 Å². The van der Waals surface area contributed by atoms with Crippen molar-refractivity contribution < 1.29 is 9.53 Å². The molecule has 0 bridgehead atoms. The molecule has 0 saturated carbocycles. The van der Waals surface area contributed by atoms with E-state index in [1.165, 1.54) is 0 Å². The second kappa shape index (κ2) is 8.59. The third-order valence-corrected chi connectivity index (χ3v) is 4.03. The molecule has 1 heterocycles. The highest BCUT2D eigenvalue weighted by Gasteiger charge is 2.10. The highest BCUT2D eigenvalue weighted by Crippen LogP contribution is 2.21. The number of carbonyl (C=O) groups excluding carboxylic acids is 1. The minimum absolute atomic E-state index is 0.0128. The average molecular weight is 331 g/mol. The number of amides is 1. The fraction of sp³-hybridized carbons (Fsp3) is 0.533. The summed E-state index contributed by atoms with van der Waals surface area (Å²) in [6, 6.07) is 5.19. The molecule has 1 fully saturated rings. The lowest BCUT2D eigenvalue weighted by Crippen LogP contribution is -2.38. The van der Waals surface area contributed by atoms with Gasteiger partial charge in [0.1, 0.15) is 0 Å². The molecule has 1 N–H and O–H groups in total. The summed E-state index contributed by atoms with van der Waals surface area (Å²) in [5, 5.41) is 4.04. The zero-order valence-electron chi connectivity index (χ0n) is 11.9. The van der Waals surface area contributed by atoms with Gasteiger partial charge in [-0.3, -0.25) is 9.69 Å². The molecule has 1 aromatic rings. The van der Waals surface area contributed by atoms with Crippen LogP contribution in [0, 0.1) is 0 Å². The average Bonchev–Trinajstić information content (AvgIpc) is 2.48. The van der Waals surface area contributed by atoms with Crippen molar-refractivity contribution in [2.24, 2.45) is 0 Å². The van der Waals surface area contributed by atoms with Crippen LogP contribution in [0.25, 0.3) is 0 Å². The summed E-state index contributed by atoms with van der Waals surface area (Å²) in [7, 11) is 0. The molecular weight excluding hydrogens is 311 g/mol. The number of hydrogen-bond donors (Lipinski definition) is 1. The minimum Gasteiger partial charge on any atom is -0.379 e. The number of rotatable bonds is 6. The van der Waals surface area contributed by atoms with Gasteiger partial charge in [-0.2, -0.15) is 0 Å². The van der Waals surface area contributed by atoms with E-state index in [4.69, 9.17) is 27.9 Å². The Kier molecular flexibility index (Phi) is 6.77. The second-order valence-electron chi connectivity index (χ2n) is 5.07. The third kappa shape index (κ3) is 5.83. The first kappa shape index (κ1) is 16.6. The van der Waals surface area contributed by atoms with E-state index < -0.39 is 0 Å². The van der Waals surface area contributed by atoms with Gasteiger partial charge in [-0.1, -0.05) is 29.3 Å². The maximum Gasteiger partial charge on any atom is 0.224 e. The maximum atomic E-state index is 11.9. The van der Waals surface area contributed by atoms with E-state index in [-0.39, 0.29) is 12.3 Å². The Bertz CT molecular complexity index is 477. The zero-order chi connectivity index (χ0) is 15.1. The van der Waals surface area contributed by atoms with Crippen LogP contribution in [-0.4, -0.2) is 50.2 Å². The fourth-order valence-corrected chi connectivity index (χ4v) is 2.73. The van der Waals surface area contributed by atoms with E-state index in [2.05, 4.69) is 10.2 Å². The summed E-state index contributed by atoms with van der Waals surface area (Å²) in [6.07, 6.45) is 1.23. The predicted octanol–water partition coefficient (Wildman–Crippen LogP) is 2.37. The van der Waals surface area contributed by atoms with Crippen molar-refractivity contribution >= 4 is 29.1 Å². The van der Waals surface area contributed by atoms with Crippen molar-refractivity contribution in [3.63, 3.8) is 0 Å². The van der Waals surface area contributed by atoms with Gasteiger partial charge in [0.2, 0.25) is 5.91 Å². The van der Waals surface area contributed by atoms with Crippen LogP contribution >= 0.6 is 23.2 Å².